The highest BCUT2D eigenvalue weighted by molar-refractivity contribution is 5.95. The van der Waals surface area contributed by atoms with Crippen LogP contribution in [-0.2, 0) is 17.8 Å². The Morgan fingerprint density at radius 3 is 2.38 bits per heavy atom. The molecule has 1 heterocycles. The Morgan fingerprint density at radius 1 is 1.00 bits per heavy atom. The summed E-state index contributed by atoms with van der Waals surface area (Å²) in [4.78, 5) is 35.6. The Labute approximate surface area is 166 Å². The minimum Gasteiger partial charge on any atom is -0.347 e. The van der Waals surface area contributed by atoms with Gasteiger partial charge in [-0.2, -0.15) is 0 Å². The monoisotopic (exact) mass is 389 g/mol. The minimum atomic E-state index is -0.443. The third kappa shape index (κ3) is 5.68. The summed E-state index contributed by atoms with van der Waals surface area (Å²) in [5.74, 6) is -0.896. The largest absolute Gasteiger partial charge is 0.347 e. The number of benzene rings is 2. The minimum absolute atomic E-state index is 0.0961. The van der Waals surface area contributed by atoms with E-state index in [0.717, 1.165) is 11.1 Å². The highest BCUT2D eigenvalue weighted by Crippen LogP contribution is 2.13. The van der Waals surface area contributed by atoms with Gasteiger partial charge in [0, 0.05) is 12.6 Å². The number of halogens is 1. The van der Waals surface area contributed by atoms with Gasteiger partial charge in [0.2, 0.25) is 5.91 Å². The lowest BCUT2D eigenvalue weighted by molar-refractivity contribution is -0.115. The highest BCUT2D eigenvalue weighted by atomic mass is 19.1. The lowest BCUT2D eigenvalue weighted by Crippen LogP contribution is -2.24. The Kier molecular flexibility index (Phi) is 6.22. The second-order valence-corrected chi connectivity index (χ2v) is 6.10. The highest BCUT2D eigenvalue weighted by Gasteiger charge is 2.11. The number of hydrogen-bond acceptors (Lipinski definition) is 4. The molecule has 3 rings (SSSR count). The second kappa shape index (κ2) is 9.19. The Hall–Kier alpha value is -4.12. The van der Waals surface area contributed by atoms with E-state index in [9.17, 15) is 14.0 Å². The number of hydrogen-bond donors (Lipinski definition) is 2. The number of anilines is 1. The molecule has 0 atom stereocenters. The third-order valence-electron chi connectivity index (χ3n) is 3.96. The van der Waals surface area contributed by atoms with E-state index in [1.54, 1.807) is 36.4 Å². The molecule has 0 radical (unpaired) electrons. The molecule has 2 aromatic carbocycles. The van der Waals surface area contributed by atoms with Gasteiger partial charge in [0.1, 0.15) is 23.7 Å². The van der Waals surface area contributed by atoms with Gasteiger partial charge in [0.15, 0.2) is 5.69 Å². The van der Waals surface area contributed by atoms with Crippen molar-refractivity contribution >= 4 is 23.3 Å². The molecule has 7 nitrogen and oxygen atoms in total. The predicted octanol–water partition coefficient (Wildman–Crippen LogP) is 3.28. The fraction of sp³-hybridized carbons (Fsp3) is 0.0952. The smallest absolute Gasteiger partial charge is 0.270 e. The van der Waals surface area contributed by atoms with Crippen molar-refractivity contribution < 1.29 is 14.0 Å². The average molecular weight is 389 g/mol. The van der Waals surface area contributed by atoms with Crippen LogP contribution in [0.5, 0.6) is 0 Å². The molecule has 0 fully saturated rings. The summed E-state index contributed by atoms with van der Waals surface area (Å²) < 4.78 is 12.9. The molecule has 0 spiro atoms. The van der Waals surface area contributed by atoms with Gasteiger partial charge in [-0.05, 0) is 23.3 Å². The number of nitrogens with one attached hydrogen (secondary N) is 2. The fourth-order valence-electron chi connectivity index (χ4n) is 2.49. The van der Waals surface area contributed by atoms with Crippen LogP contribution in [0.2, 0.25) is 0 Å². The predicted molar refractivity (Wildman–Crippen MR) is 105 cm³/mol. The van der Waals surface area contributed by atoms with Crippen LogP contribution in [0.25, 0.3) is 4.85 Å². The molecule has 0 aliphatic carbocycles. The zero-order chi connectivity index (χ0) is 20.6. The molecule has 0 saturated heterocycles. The summed E-state index contributed by atoms with van der Waals surface area (Å²) in [6.45, 7) is 7.14. The Morgan fingerprint density at radius 2 is 1.69 bits per heavy atom. The summed E-state index contributed by atoms with van der Waals surface area (Å²) in [6, 6.07) is 13.9. The van der Waals surface area contributed by atoms with E-state index in [1.165, 1.54) is 24.5 Å². The lowest BCUT2D eigenvalue weighted by atomic mass is 10.1. The van der Waals surface area contributed by atoms with Crippen LogP contribution < -0.4 is 10.6 Å². The topological polar surface area (TPSA) is 88.3 Å². The number of amides is 2. The molecular weight excluding hydrogens is 373 g/mol. The van der Waals surface area contributed by atoms with Crippen molar-refractivity contribution in [3.63, 3.8) is 0 Å². The average Bonchev–Trinajstić information content (AvgIpc) is 2.74. The van der Waals surface area contributed by atoms with Crippen LogP contribution in [0.3, 0.4) is 0 Å². The molecule has 0 unspecified atom stereocenters. The fourth-order valence-corrected chi connectivity index (χ4v) is 2.49. The number of rotatable bonds is 6. The molecule has 144 valence electrons. The molecule has 0 aliphatic rings. The first kappa shape index (κ1) is 19.6. The molecule has 0 bridgehead atoms. The van der Waals surface area contributed by atoms with Crippen LogP contribution >= 0.6 is 0 Å². The quantitative estimate of drug-likeness (QED) is 0.634. The van der Waals surface area contributed by atoms with E-state index in [2.05, 4.69) is 25.4 Å². The molecule has 0 saturated carbocycles. The van der Waals surface area contributed by atoms with Gasteiger partial charge in [0.05, 0.1) is 13.0 Å². The van der Waals surface area contributed by atoms with Crippen LogP contribution in [0.4, 0.5) is 15.9 Å². The first-order valence-corrected chi connectivity index (χ1v) is 8.64. The van der Waals surface area contributed by atoms with Crippen molar-refractivity contribution in [3.05, 3.63) is 95.0 Å². The first-order valence-electron chi connectivity index (χ1n) is 8.64. The number of carbonyl (C=O) groups excluding carboxylic acids is 2. The third-order valence-corrected chi connectivity index (χ3v) is 3.96. The lowest BCUT2D eigenvalue weighted by Gasteiger charge is -2.07. The molecule has 3 aromatic rings. The Balaban J connectivity index is 1.57. The number of aromatic nitrogens is 2. The normalized spacial score (nSPS) is 10.1. The summed E-state index contributed by atoms with van der Waals surface area (Å²) in [5.41, 5.74) is 2.09. The van der Waals surface area contributed by atoms with Gasteiger partial charge in [-0.25, -0.2) is 19.2 Å². The van der Waals surface area contributed by atoms with Gasteiger partial charge < -0.3 is 10.6 Å². The van der Waals surface area contributed by atoms with Gasteiger partial charge in [-0.3, -0.25) is 9.59 Å². The van der Waals surface area contributed by atoms with E-state index in [0.29, 0.717) is 5.69 Å². The molecule has 2 N–H and O–H groups in total. The van der Waals surface area contributed by atoms with E-state index >= 15 is 0 Å². The van der Waals surface area contributed by atoms with Crippen molar-refractivity contribution in [2.75, 3.05) is 5.32 Å². The van der Waals surface area contributed by atoms with Crippen LogP contribution in [-0.4, -0.2) is 21.8 Å². The van der Waals surface area contributed by atoms with Crippen LogP contribution in [0.1, 0.15) is 21.6 Å². The molecular formula is C21H16FN5O2. The summed E-state index contributed by atoms with van der Waals surface area (Å²) in [7, 11) is 0. The molecule has 1 aromatic heterocycles. The van der Waals surface area contributed by atoms with Gasteiger partial charge in [-0.1, -0.05) is 36.4 Å². The molecule has 2 amide bonds. The maximum Gasteiger partial charge on any atom is 0.270 e. The number of nitrogens with zero attached hydrogens (tertiary/aromatic N) is 3. The van der Waals surface area contributed by atoms with Crippen molar-refractivity contribution in [2.24, 2.45) is 0 Å². The van der Waals surface area contributed by atoms with E-state index in [1.807, 2.05) is 0 Å². The standard InChI is InChI=1S/C21H16FN5O2/c1-23-17-8-4-14(5-9-17)10-20(28)27-19-11-18(25-13-26-19)21(29)24-12-15-2-6-16(22)7-3-15/h2-9,11,13H,10,12H2,(H,24,29)(H,25,26,27,28). The Bertz CT molecular complexity index is 1060. The van der Waals surface area contributed by atoms with Gasteiger partial charge in [0.25, 0.3) is 5.91 Å². The maximum absolute atomic E-state index is 12.9. The van der Waals surface area contributed by atoms with E-state index < -0.39 is 5.91 Å². The zero-order valence-corrected chi connectivity index (χ0v) is 15.2. The number of carbonyl (C=O) groups is 2. The van der Waals surface area contributed by atoms with Crippen LogP contribution in [0.15, 0.2) is 60.9 Å². The van der Waals surface area contributed by atoms with Crippen molar-refractivity contribution in [1.82, 2.24) is 15.3 Å². The maximum atomic E-state index is 12.9. The summed E-state index contributed by atoms with van der Waals surface area (Å²) >= 11 is 0. The summed E-state index contributed by atoms with van der Waals surface area (Å²) in [5, 5.41) is 5.30. The van der Waals surface area contributed by atoms with Crippen molar-refractivity contribution in [3.8, 4) is 0 Å². The van der Waals surface area contributed by atoms with Gasteiger partial charge in [-0.15, -0.1) is 0 Å². The van der Waals surface area contributed by atoms with Crippen molar-refractivity contribution in [1.29, 1.82) is 0 Å². The molecule has 29 heavy (non-hydrogen) atoms. The first-order chi connectivity index (χ1) is 14.0. The van der Waals surface area contributed by atoms with Crippen molar-refractivity contribution in [2.45, 2.75) is 13.0 Å². The molecule has 0 aliphatic heterocycles. The van der Waals surface area contributed by atoms with E-state index in [4.69, 9.17) is 6.57 Å². The van der Waals surface area contributed by atoms with Crippen LogP contribution in [0, 0.1) is 12.4 Å². The second-order valence-electron chi connectivity index (χ2n) is 6.10. The summed E-state index contributed by atoms with van der Waals surface area (Å²) in [6.07, 6.45) is 1.29. The zero-order valence-electron chi connectivity index (χ0n) is 15.2. The van der Waals surface area contributed by atoms with Gasteiger partial charge >= 0.3 is 0 Å². The van der Waals surface area contributed by atoms with E-state index in [-0.39, 0.29) is 36.2 Å². The molecule has 8 heteroatoms. The SMILES string of the molecule is [C-]#[N+]c1ccc(CC(=O)Nc2cc(C(=O)NCc3ccc(F)cc3)ncn2)cc1.